The fourth-order valence-corrected chi connectivity index (χ4v) is 3.99. The second kappa shape index (κ2) is 6.11. The Kier molecular flexibility index (Phi) is 4.66. The third kappa shape index (κ3) is 3.31. The number of rotatable bonds is 4. The van der Waals surface area contributed by atoms with E-state index in [2.05, 4.69) is 25.8 Å². The standard InChI is InChI=1S/C12H16BrN3O3S/c13-8-4-6-9(7-5-8)20(18,19)16-11-3-1-2-10(11)12(14)15-17/h4-7,10-11,16-17H,1-3H2,(H2,14,15). The van der Waals surface area contributed by atoms with Gasteiger partial charge in [-0.1, -0.05) is 27.5 Å². The van der Waals surface area contributed by atoms with Crippen molar-refractivity contribution in [1.82, 2.24) is 4.72 Å². The van der Waals surface area contributed by atoms with Crippen LogP contribution in [-0.4, -0.2) is 25.5 Å². The van der Waals surface area contributed by atoms with Crippen LogP contribution in [-0.2, 0) is 10.0 Å². The summed E-state index contributed by atoms with van der Waals surface area (Å²) >= 11 is 3.26. The van der Waals surface area contributed by atoms with Crippen molar-refractivity contribution < 1.29 is 13.6 Å². The molecular formula is C12H16BrN3O3S. The van der Waals surface area contributed by atoms with Gasteiger partial charge < -0.3 is 10.9 Å². The summed E-state index contributed by atoms with van der Waals surface area (Å²) in [6, 6.07) is 6.06. The lowest BCUT2D eigenvalue weighted by Crippen LogP contribution is -2.42. The van der Waals surface area contributed by atoms with Crippen molar-refractivity contribution in [3.63, 3.8) is 0 Å². The third-order valence-electron chi connectivity index (χ3n) is 3.44. The molecule has 1 aliphatic rings. The van der Waals surface area contributed by atoms with Gasteiger partial charge in [0.25, 0.3) is 0 Å². The van der Waals surface area contributed by atoms with Crippen molar-refractivity contribution in [3.05, 3.63) is 28.7 Å². The van der Waals surface area contributed by atoms with Crippen LogP contribution in [0.25, 0.3) is 0 Å². The zero-order valence-electron chi connectivity index (χ0n) is 10.7. The predicted octanol–water partition coefficient (Wildman–Crippen LogP) is 1.64. The van der Waals surface area contributed by atoms with E-state index < -0.39 is 10.0 Å². The Bertz CT molecular complexity index is 601. The van der Waals surface area contributed by atoms with E-state index >= 15 is 0 Å². The Balaban J connectivity index is 2.18. The number of hydrogen-bond donors (Lipinski definition) is 3. The van der Waals surface area contributed by atoms with E-state index in [-0.39, 0.29) is 22.7 Å². The summed E-state index contributed by atoms with van der Waals surface area (Å²) in [6.45, 7) is 0. The molecular weight excluding hydrogens is 346 g/mol. The van der Waals surface area contributed by atoms with Crippen LogP contribution in [0.5, 0.6) is 0 Å². The quantitative estimate of drug-likeness (QED) is 0.328. The molecule has 110 valence electrons. The van der Waals surface area contributed by atoms with Gasteiger partial charge in [-0.2, -0.15) is 0 Å². The maximum atomic E-state index is 12.3. The summed E-state index contributed by atoms with van der Waals surface area (Å²) in [5, 5.41) is 11.7. The molecule has 20 heavy (non-hydrogen) atoms. The maximum Gasteiger partial charge on any atom is 0.240 e. The Morgan fingerprint density at radius 3 is 2.60 bits per heavy atom. The highest BCUT2D eigenvalue weighted by molar-refractivity contribution is 9.10. The van der Waals surface area contributed by atoms with Crippen molar-refractivity contribution in [2.45, 2.75) is 30.2 Å². The van der Waals surface area contributed by atoms with Crippen LogP contribution in [0, 0.1) is 5.92 Å². The molecule has 2 atom stereocenters. The molecule has 1 aliphatic carbocycles. The summed E-state index contributed by atoms with van der Waals surface area (Å²) < 4.78 is 28.0. The molecule has 4 N–H and O–H groups in total. The summed E-state index contributed by atoms with van der Waals surface area (Å²) in [5.74, 6) is -0.184. The Morgan fingerprint density at radius 2 is 2.00 bits per heavy atom. The molecule has 1 saturated carbocycles. The van der Waals surface area contributed by atoms with Crippen molar-refractivity contribution >= 4 is 31.8 Å². The minimum Gasteiger partial charge on any atom is -0.409 e. The van der Waals surface area contributed by atoms with Gasteiger partial charge >= 0.3 is 0 Å². The number of hydrogen-bond acceptors (Lipinski definition) is 4. The number of benzene rings is 1. The molecule has 0 bridgehead atoms. The number of sulfonamides is 1. The van der Waals surface area contributed by atoms with E-state index in [0.29, 0.717) is 12.8 Å². The zero-order valence-corrected chi connectivity index (χ0v) is 13.1. The molecule has 0 spiro atoms. The van der Waals surface area contributed by atoms with Gasteiger partial charge in [-0.3, -0.25) is 0 Å². The minimum atomic E-state index is -3.60. The first-order valence-corrected chi connectivity index (χ1v) is 8.47. The third-order valence-corrected chi connectivity index (χ3v) is 5.48. The van der Waals surface area contributed by atoms with Crippen LogP contribution in [0.4, 0.5) is 0 Å². The number of nitrogens with one attached hydrogen (secondary N) is 1. The van der Waals surface area contributed by atoms with E-state index in [9.17, 15) is 8.42 Å². The lowest BCUT2D eigenvalue weighted by atomic mass is 10.0. The maximum absolute atomic E-state index is 12.3. The first-order chi connectivity index (χ1) is 9.44. The second-order valence-corrected chi connectivity index (χ2v) is 7.37. The molecule has 8 heteroatoms. The van der Waals surface area contributed by atoms with E-state index in [1.54, 1.807) is 12.1 Å². The van der Waals surface area contributed by atoms with Gasteiger partial charge in [-0.05, 0) is 37.1 Å². The van der Waals surface area contributed by atoms with Gasteiger partial charge in [0.2, 0.25) is 10.0 Å². The van der Waals surface area contributed by atoms with Crippen molar-refractivity contribution in [2.24, 2.45) is 16.8 Å². The van der Waals surface area contributed by atoms with E-state index in [4.69, 9.17) is 10.9 Å². The summed E-state index contributed by atoms with van der Waals surface area (Å²) in [7, 11) is -3.60. The SMILES string of the molecule is NC(=NO)C1CCCC1NS(=O)(=O)c1ccc(Br)cc1. The van der Waals surface area contributed by atoms with Crippen molar-refractivity contribution in [3.8, 4) is 0 Å². The molecule has 0 saturated heterocycles. The number of halogens is 1. The van der Waals surface area contributed by atoms with Gasteiger partial charge in [-0.25, -0.2) is 13.1 Å². The largest absolute Gasteiger partial charge is 0.409 e. The highest BCUT2D eigenvalue weighted by atomic mass is 79.9. The molecule has 0 aromatic heterocycles. The molecule has 0 aliphatic heterocycles. The summed E-state index contributed by atoms with van der Waals surface area (Å²) in [6.07, 6.45) is 2.23. The summed E-state index contributed by atoms with van der Waals surface area (Å²) in [5.41, 5.74) is 5.61. The lowest BCUT2D eigenvalue weighted by Gasteiger charge is -2.19. The highest BCUT2D eigenvalue weighted by Crippen LogP contribution is 2.27. The van der Waals surface area contributed by atoms with Gasteiger partial charge in [0, 0.05) is 16.4 Å². The van der Waals surface area contributed by atoms with Crippen LogP contribution >= 0.6 is 15.9 Å². The lowest BCUT2D eigenvalue weighted by molar-refractivity contribution is 0.312. The Morgan fingerprint density at radius 1 is 1.35 bits per heavy atom. The number of oxime groups is 1. The monoisotopic (exact) mass is 361 g/mol. The van der Waals surface area contributed by atoms with Crippen LogP contribution in [0.2, 0.25) is 0 Å². The minimum absolute atomic E-state index is 0.0750. The molecule has 0 amide bonds. The molecule has 2 unspecified atom stereocenters. The van der Waals surface area contributed by atoms with Crippen LogP contribution in [0.15, 0.2) is 38.8 Å². The van der Waals surface area contributed by atoms with Crippen LogP contribution in [0.3, 0.4) is 0 Å². The van der Waals surface area contributed by atoms with Crippen molar-refractivity contribution in [1.29, 1.82) is 0 Å². The molecule has 1 aromatic rings. The van der Waals surface area contributed by atoms with E-state index in [1.165, 1.54) is 12.1 Å². The summed E-state index contributed by atoms with van der Waals surface area (Å²) in [4.78, 5) is 0.200. The fraction of sp³-hybridized carbons (Fsp3) is 0.417. The van der Waals surface area contributed by atoms with Gasteiger partial charge in [-0.15, -0.1) is 0 Å². The van der Waals surface area contributed by atoms with Crippen LogP contribution < -0.4 is 10.5 Å². The number of nitrogens with two attached hydrogens (primary N) is 1. The van der Waals surface area contributed by atoms with E-state index in [0.717, 1.165) is 10.9 Å². The molecule has 1 fully saturated rings. The number of amidine groups is 1. The Labute approximate surface area is 126 Å². The normalized spacial score (nSPS) is 23.9. The molecule has 2 rings (SSSR count). The average Bonchev–Trinajstić information content (AvgIpc) is 2.85. The topological polar surface area (TPSA) is 105 Å². The molecule has 0 heterocycles. The second-order valence-electron chi connectivity index (χ2n) is 4.74. The predicted molar refractivity (Wildman–Crippen MR) is 79.0 cm³/mol. The van der Waals surface area contributed by atoms with Crippen LogP contribution in [0.1, 0.15) is 19.3 Å². The van der Waals surface area contributed by atoms with E-state index in [1.807, 2.05) is 0 Å². The molecule has 1 aromatic carbocycles. The zero-order chi connectivity index (χ0) is 14.8. The molecule has 6 nitrogen and oxygen atoms in total. The highest BCUT2D eigenvalue weighted by Gasteiger charge is 2.33. The fourth-order valence-electron chi connectivity index (χ4n) is 2.41. The first-order valence-electron chi connectivity index (χ1n) is 6.19. The number of nitrogens with zero attached hydrogens (tertiary/aromatic N) is 1. The average molecular weight is 362 g/mol. The molecule has 0 radical (unpaired) electrons. The first kappa shape index (κ1) is 15.3. The van der Waals surface area contributed by atoms with Gasteiger partial charge in [0.15, 0.2) is 0 Å². The Hall–Kier alpha value is -1.12. The van der Waals surface area contributed by atoms with Crippen molar-refractivity contribution in [2.75, 3.05) is 0 Å². The van der Waals surface area contributed by atoms with Gasteiger partial charge in [0.05, 0.1) is 4.90 Å². The van der Waals surface area contributed by atoms with Gasteiger partial charge in [0.1, 0.15) is 5.84 Å². The smallest absolute Gasteiger partial charge is 0.240 e.